The Morgan fingerprint density at radius 1 is 1.48 bits per heavy atom. The summed E-state index contributed by atoms with van der Waals surface area (Å²) in [6.07, 6.45) is 8.39. The van der Waals surface area contributed by atoms with Crippen molar-refractivity contribution in [3.05, 3.63) is 29.2 Å². The number of thiazole rings is 1. The molecular formula is C17H24N6OS. The Morgan fingerprint density at radius 3 is 2.92 bits per heavy atom. The first-order valence-corrected chi connectivity index (χ1v) is 9.68. The second kappa shape index (κ2) is 6.49. The molecule has 4 rings (SSSR count). The van der Waals surface area contributed by atoms with E-state index in [-0.39, 0.29) is 11.9 Å². The van der Waals surface area contributed by atoms with Gasteiger partial charge in [-0.25, -0.2) is 14.6 Å². The van der Waals surface area contributed by atoms with Crippen LogP contribution in [0.15, 0.2) is 24.2 Å². The summed E-state index contributed by atoms with van der Waals surface area (Å²) in [6, 6.07) is 0.348. The molecule has 3 heterocycles. The second-order valence-corrected chi connectivity index (χ2v) is 8.28. The van der Waals surface area contributed by atoms with Crippen LogP contribution in [0.2, 0.25) is 0 Å². The normalized spacial score (nSPS) is 23.2. The maximum atomic E-state index is 12.7. The van der Waals surface area contributed by atoms with Crippen molar-refractivity contribution < 1.29 is 4.79 Å². The zero-order chi connectivity index (χ0) is 17.4. The largest absolute Gasteiger partial charge is 0.341 e. The quantitative estimate of drug-likeness (QED) is 0.813. The van der Waals surface area contributed by atoms with E-state index in [1.807, 2.05) is 23.4 Å². The zero-order valence-electron chi connectivity index (χ0n) is 14.7. The van der Waals surface area contributed by atoms with Crippen molar-refractivity contribution in [3.8, 4) is 0 Å². The van der Waals surface area contributed by atoms with Gasteiger partial charge in [0.15, 0.2) is 0 Å². The predicted octanol–water partition coefficient (Wildman–Crippen LogP) is 1.81. The lowest BCUT2D eigenvalue weighted by Gasteiger charge is -2.35. The third kappa shape index (κ3) is 3.20. The number of likely N-dealkylation sites (tertiary alicyclic amines) is 1. The van der Waals surface area contributed by atoms with Gasteiger partial charge in [-0.05, 0) is 38.6 Å². The average molecular weight is 360 g/mol. The first kappa shape index (κ1) is 16.7. The molecule has 1 spiro atoms. The molecule has 2 aliphatic rings. The molecule has 1 amide bonds. The van der Waals surface area contributed by atoms with Crippen LogP contribution in [0.5, 0.6) is 0 Å². The van der Waals surface area contributed by atoms with Crippen molar-refractivity contribution >= 4 is 17.2 Å². The smallest absolute Gasteiger partial charge is 0.247 e. The Labute approximate surface area is 151 Å². The summed E-state index contributed by atoms with van der Waals surface area (Å²) in [6.45, 7) is 4.51. The molecule has 8 heteroatoms. The third-order valence-electron chi connectivity index (χ3n) is 5.81. The van der Waals surface area contributed by atoms with Gasteiger partial charge in [-0.2, -0.15) is 5.10 Å². The van der Waals surface area contributed by atoms with Crippen LogP contribution in [0.25, 0.3) is 0 Å². The predicted molar refractivity (Wildman–Crippen MR) is 95.0 cm³/mol. The molecule has 7 nitrogen and oxygen atoms in total. The summed E-state index contributed by atoms with van der Waals surface area (Å²) in [5, 5.41) is 7.30. The molecule has 1 aliphatic heterocycles. The molecule has 2 fully saturated rings. The van der Waals surface area contributed by atoms with Crippen LogP contribution in [0.1, 0.15) is 37.2 Å². The standard InChI is InChI=1S/C17H24N6OS/c1-13(23-12-18-11-20-23)16(24)22-6-3-17(4-7-22)9-14(17)21(2)10-15-19-5-8-25-15/h5,8,11-14H,3-4,6-7,9-10H2,1-2H3. The van der Waals surface area contributed by atoms with Crippen LogP contribution < -0.4 is 0 Å². The van der Waals surface area contributed by atoms with Gasteiger partial charge in [-0.1, -0.05) is 0 Å². The van der Waals surface area contributed by atoms with Gasteiger partial charge in [0.2, 0.25) is 5.91 Å². The maximum Gasteiger partial charge on any atom is 0.247 e. The minimum absolute atomic E-state index is 0.147. The van der Waals surface area contributed by atoms with E-state index in [0.717, 1.165) is 32.5 Å². The van der Waals surface area contributed by atoms with E-state index in [1.54, 1.807) is 22.3 Å². The van der Waals surface area contributed by atoms with Gasteiger partial charge in [0.05, 0.1) is 6.54 Å². The summed E-state index contributed by atoms with van der Waals surface area (Å²) in [5.41, 5.74) is 0.402. The highest BCUT2D eigenvalue weighted by Crippen LogP contribution is 2.56. The number of aromatic nitrogens is 4. The van der Waals surface area contributed by atoms with Gasteiger partial charge in [-0.15, -0.1) is 11.3 Å². The van der Waals surface area contributed by atoms with E-state index in [2.05, 4.69) is 27.0 Å². The van der Waals surface area contributed by atoms with Gasteiger partial charge in [-0.3, -0.25) is 9.69 Å². The maximum absolute atomic E-state index is 12.7. The molecular weight excluding hydrogens is 336 g/mol. The molecule has 1 saturated carbocycles. The highest BCUT2D eigenvalue weighted by Gasteiger charge is 2.57. The molecule has 2 aromatic heterocycles. The van der Waals surface area contributed by atoms with Crippen molar-refractivity contribution in [1.29, 1.82) is 0 Å². The average Bonchev–Trinajstić information content (AvgIpc) is 3.06. The molecule has 134 valence electrons. The topological polar surface area (TPSA) is 67.2 Å². The Kier molecular flexibility index (Phi) is 4.33. The molecule has 0 bridgehead atoms. The Morgan fingerprint density at radius 2 is 2.28 bits per heavy atom. The van der Waals surface area contributed by atoms with Crippen LogP contribution in [-0.2, 0) is 11.3 Å². The highest BCUT2D eigenvalue weighted by atomic mass is 32.1. The first-order chi connectivity index (χ1) is 12.1. The SMILES string of the molecule is CC(C(=O)N1CCC2(CC1)CC2N(C)Cc1nccs1)n1cncn1. The molecule has 2 aromatic rings. The van der Waals surface area contributed by atoms with Crippen molar-refractivity contribution in [2.24, 2.45) is 5.41 Å². The minimum atomic E-state index is -0.279. The molecule has 1 aliphatic carbocycles. The van der Waals surface area contributed by atoms with E-state index < -0.39 is 0 Å². The van der Waals surface area contributed by atoms with Crippen LogP contribution in [0.3, 0.4) is 0 Å². The highest BCUT2D eigenvalue weighted by molar-refractivity contribution is 7.09. The fourth-order valence-corrected chi connectivity index (χ4v) is 4.79. The van der Waals surface area contributed by atoms with Gasteiger partial charge < -0.3 is 4.90 Å². The van der Waals surface area contributed by atoms with Crippen LogP contribution in [0, 0.1) is 5.41 Å². The molecule has 2 atom stereocenters. The van der Waals surface area contributed by atoms with Crippen LogP contribution in [-0.4, -0.2) is 61.6 Å². The van der Waals surface area contributed by atoms with Crippen molar-refractivity contribution in [3.63, 3.8) is 0 Å². The van der Waals surface area contributed by atoms with Gasteiger partial charge >= 0.3 is 0 Å². The fraction of sp³-hybridized carbons (Fsp3) is 0.647. The lowest BCUT2D eigenvalue weighted by atomic mass is 9.92. The number of amides is 1. The zero-order valence-corrected chi connectivity index (χ0v) is 15.5. The fourth-order valence-electron chi connectivity index (χ4n) is 4.11. The molecule has 25 heavy (non-hydrogen) atoms. The van der Waals surface area contributed by atoms with Crippen molar-refractivity contribution in [2.75, 3.05) is 20.1 Å². The lowest BCUT2D eigenvalue weighted by Crippen LogP contribution is -2.43. The van der Waals surface area contributed by atoms with E-state index in [4.69, 9.17) is 0 Å². The second-order valence-electron chi connectivity index (χ2n) is 7.30. The van der Waals surface area contributed by atoms with Crippen molar-refractivity contribution in [2.45, 2.75) is 44.8 Å². The lowest BCUT2D eigenvalue weighted by molar-refractivity contribution is -0.136. The van der Waals surface area contributed by atoms with Gasteiger partial charge in [0.1, 0.15) is 23.7 Å². The first-order valence-electron chi connectivity index (χ1n) is 8.80. The number of carbonyl (C=O) groups is 1. The number of carbonyl (C=O) groups excluding carboxylic acids is 1. The molecule has 0 N–H and O–H groups in total. The number of piperidine rings is 1. The number of hydrogen-bond donors (Lipinski definition) is 0. The Bertz CT molecular complexity index is 708. The Balaban J connectivity index is 1.31. The van der Waals surface area contributed by atoms with E-state index in [0.29, 0.717) is 11.5 Å². The van der Waals surface area contributed by atoms with Gasteiger partial charge in [0, 0.05) is 30.7 Å². The summed E-state index contributed by atoms with van der Waals surface area (Å²) in [5.74, 6) is 0.147. The van der Waals surface area contributed by atoms with E-state index >= 15 is 0 Å². The van der Waals surface area contributed by atoms with Gasteiger partial charge in [0.25, 0.3) is 0 Å². The summed E-state index contributed by atoms with van der Waals surface area (Å²) in [4.78, 5) is 25.4. The molecule has 2 unspecified atom stereocenters. The molecule has 0 radical (unpaired) electrons. The Hall–Kier alpha value is -1.80. The van der Waals surface area contributed by atoms with E-state index in [9.17, 15) is 4.79 Å². The summed E-state index contributed by atoms with van der Waals surface area (Å²) in [7, 11) is 2.20. The molecule has 1 saturated heterocycles. The summed E-state index contributed by atoms with van der Waals surface area (Å²) >= 11 is 1.72. The minimum Gasteiger partial charge on any atom is -0.341 e. The van der Waals surface area contributed by atoms with Crippen LogP contribution >= 0.6 is 11.3 Å². The number of rotatable bonds is 5. The van der Waals surface area contributed by atoms with E-state index in [1.165, 1.54) is 17.8 Å². The third-order valence-corrected chi connectivity index (χ3v) is 6.57. The van der Waals surface area contributed by atoms with Crippen molar-refractivity contribution in [1.82, 2.24) is 29.5 Å². The number of nitrogens with zero attached hydrogens (tertiary/aromatic N) is 6. The summed E-state index contributed by atoms with van der Waals surface area (Å²) < 4.78 is 1.63. The molecule has 0 aromatic carbocycles. The van der Waals surface area contributed by atoms with Crippen LogP contribution in [0.4, 0.5) is 0 Å². The number of hydrogen-bond acceptors (Lipinski definition) is 6. The monoisotopic (exact) mass is 360 g/mol.